The van der Waals surface area contributed by atoms with E-state index in [2.05, 4.69) is 90.3 Å². The van der Waals surface area contributed by atoms with E-state index in [1.165, 1.54) is 22.3 Å². The molecule has 0 N–H and O–H groups in total. The molecule has 0 spiro atoms. The molecular weight excluding hydrogens is 392 g/mol. The van der Waals surface area contributed by atoms with E-state index in [4.69, 9.17) is 10.6 Å². The van der Waals surface area contributed by atoms with Crippen molar-refractivity contribution in [3.05, 3.63) is 87.7 Å². The Morgan fingerprint density at radius 3 is 1.36 bits per heavy atom. The van der Waals surface area contributed by atoms with E-state index in [1.807, 2.05) is 6.92 Å². The van der Waals surface area contributed by atoms with Gasteiger partial charge in [0, 0.05) is 0 Å². The van der Waals surface area contributed by atoms with Crippen molar-refractivity contribution in [3.8, 4) is 0 Å². The minimum absolute atomic E-state index is 0. The summed E-state index contributed by atoms with van der Waals surface area (Å²) >= 11 is 0. The molecule has 0 aliphatic carbocycles. The molecule has 155 valence electrons. The van der Waals surface area contributed by atoms with Crippen LogP contribution in [-0.4, -0.2) is 12.1 Å². The van der Waals surface area contributed by atoms with Crippen molar-refractivity contribution >= 4 is 11.4 Å². The Hall–Kier alpha value is -1.92. The van der Waals surface area contributed by atoms with Gasteiger partial charge in [0.2, 0.25) is 0 Å². The van der Waals surface area contributed by atoms with Gasteiger partial charge in [0.15, 0.2) is 0 Å². The van der Waals surface area contributed by atoms with Crippen molar-refractivity contribution in [2.24, 2.45) is 0 Å². The molecular formula is C25H34CuN2. The van der Waals surface area contributed by atoms with Crippen LogP contribution in [0.25, 0.3) is 10.6 Å². The number of allylic oxidation sites excluding steroid dienone is 1. The van der Waals surface area contributed by atoms with E-state index in [9.17, 15) is 0 Å². The molecule has 0 heterocycles. The van der Waals surface area contributed by atoms with Gasteiger partial charge in [0.1, 0.15) is 0 Å². The third kappa shape index (κ3) is 8.40. The predicted molar refractivity (Wildman–Crippen MR) is 121 cm³/mol. The Kier molecular flexibility index (Phi) is 12.4. The zero-order valence-electron chi connectivity index (χ0n) is 18.3. The average molecular weight is 426 g/mol. The molecule has 1 radical (unpaired) electrons. The van der Waals surface area contributed by atoms with Gasteiger partial charge in [-0.1, -0.05) is 85.5 Å². The van der Waals surface area contributed by atoms with Crippen LogP contribution in [0.1, 0.15) is 49.4 Å². The number of nitrogens with zero attached hydrogens (tertiary/aromatic N) is 2. The normalized spacial score (nSPS) is 11.7. The molecule has 0 saturated carbocycles. The fourth-order valence-corrected chi connectivity index (χ4v) is 3.06. The number of hydrogen-bond donors (Lipinski definition) is 0. The fraction of sp³-hybridized carbons (Fsp3) is 0.400. The smallest absolute Gasteiger partial charge is 0.681 e. The molecule has 0 aliphatic heterocycles. The number of rotatable bonds is 6. The monoisotopic (exact) mass is 425 g/mol. The van der Waals surface area contributed by atoms with E-state index in [0.29, 0.717) is 0 Å². The second kappa shape index (κ2) is 13.3. The van der Waals surface area contributed by atoms with Crippen LogP contribution in [-0.2, 0) is 17.1 Å². The molecule has 2 aromatic rings. The molecule has 3 heteroatoms. The molecule has 0 aromatic heterocycles. The first-order chi connectivity index (χ1) is 12.8. The maximum absolute atomic E-state index is 4.92. The molecule has 2 aromatic carbocycles. The first-order valence-corrected chi connectivity index (χ1v) is 9.64. The summed E-state index contributed by atoms with van der Waals surface area (Å²) in [5.74, 6) is 0. The van der Waals surface area contributed by atoms with Crippen molar-refractivity contribution in [1.82, 2.24) is 0 Å². The van der Waals surface area contributed by atoms with Gasteiger partial charge in [-0.15, -0.1) is 29.2 Å². The van der Waals surface area contributed by atoms with E-state index in [0.717, 1.165) is 17.8 Å². The van der Waals surface area contributed by atoms with Crippen molar-refractivity contribution in [3.63, 3.8) is 0 Å². The van der Waals surface area contributed by atoms with Crippen LogP contribution in [0, 0.1) is 27.7 Å². The largest absolute Gasteiger partial charge is 2.00 e. The summed E-state index contributed by atoms with van der Waals surface area (Å²) in [5, 5.41) is 9.85. The Bertz CT molecular complexity index is 678. The summed E-state index contributed by atoms with van der Waals surface area (Å²) in [5.41, 5.74) is 9.82. The first-order valence-electron chi connectivity index (χ1n) is 9.64. The van der Waals surface area contributed by atoms with Gasteiger partial charge in [-0.2, -0.15) is 0 Å². The molecule has 0 bridgehead atoms. The van der Waals surface area contributed by atoms with Gasteiger partial charge in [-0.05, 0) is 40.7 Å². The van der Waals surface area contributed by atoms with E-state index in [-0.39, 0.29) is 29.2 Å². The van der Waals surface area contributed by atoms with E-state index in [1.54, 1.807) is 6.08 Å². The van der Waals surface area contributed by atoms with Crippen LogP contribution >= 0.6 is 0 Å². The number of aryl methyl sites for hydroxylation is 4. The van der Waals surface area contributed by atoms with Gasteiger partial charge in [0.05, 0.1) is 0 Å². The molecule has 0 fully saturated rings. The van der Waals surface area contributed by atoms with Crippen LogP contribution in [0.5, 0.6) is 0 Å². The topological polar surface area (TPSA) is 28.2 Å². The standard InChI is InChI=1S/C21H28N2.C4H6.Cu/c1-14-9-7-10-15(2)20(14)22-18(5)13-19(6)23-21-16(3)11-8-12-17(21)4;1-3-4-2;/h7-12,18-19H,13H2,1-6H3;4H,1H2,2H3;/q-2;;+2. The summed E-state index contributed by atoms with van der Waals surface area (Å²) in [4.78, 5) is 0. The summed E-state index contributed by atoms with van der Waals surface area (Å²) in [6.07, 6.45) is 2.72. The number of hydrogen-bond acceptors (Lipinski definition) is 0. The van der Waals surface area contributed by atoms with Crippen molar-refractivity contribution in [2.45, 2.75) is 67.0 Å². The summed E-state index contributed by atoms with van der Waals surface area (Å²) in [6, 6.07) is 13.2. The summed E-state index contributed by atoms with van der Waals surface area (Å²) in [6.45, 7) is 18.1. The van der Waals surface area contributed by atoms with Crippen molar-refractivity contribution < 1.29 is 17.1 Å². The first kappa shape index (κ1) is 26.1. The minimum Gasteiger partial charge on any atom is -0.681 e. The minimum atomic E-state index is 0. The van der Waals surface area contributed by atoms with Gasteiger partial charge in [0.25, 0.3) is 0 Å². The number of benzene rings is 2. The average Bonchev–Trinajstić information content (AvgIpc) is 2.62. The van der Waals surface area contributed by atoms with Gasteiger partial charge < -0.3 is 10.6 Å². The summed E-state index contributed by atoms with van der Waals surface area (Å²) < 4.78 is 0. The Labute approximate surface area is 183 Å². The van der Waals surface area contributed by atoms with Crippen LogP contribution < -0.4 is 0 Å². The van der Waals surface area contributed by atoms with Crippen molar-refractivity contribution in [1.29, 1.82) is 0 Å². The van der Waals surface area contributed by atoms with Crippen LogP contribution in [0.4, 0.5) is 11.4 Å². The maximum Gasteiger partial charge on any atom is 2.00 e. The molecule has 0 aliphatic rings. The second-order valence-corrected chi connectivity index (χ2v) is 7.17. The van der Waals surface area contributed by atoms with Gasteiger partial charge >= 0.3 is 17.1 Å². The van der Waals surface area contributed by atoms with Crippen LogP contribution in [0.3, 0.4) is 0 Å². The second-order valence-electron chi connectivity index (χ2n) is 7.17. The Balaban J connectivity index is 0.00000133. The molecule has 0 saturated heterocycles. The predicted octanol–water partition coefficient (Wildman–Crippen LogP) is 8.14. The van der Waals surface area contributed by atoms with E-state index >= 15 is 0 Å². The zero-order valence-corrected chi connectivity index (χ0v) is 19.2. The van der Waals surface area contributed by atoms with Gasteiger partial charge in [-0.25, -0.2) is 0 Å². The molecule has 0 amide bonds. The van der Waals surface area contributed by atoms with Gasteiger partial charge in [-0.3, -0.25) is 0 Å². The third-order valence-electron chi connectivity index (χ3n) is 4.46. The van der Waals surface area contributed by atoms with E-state index < -0.39 is 0 Å². The third-order valence-corrected chi connectivity index (χ3v) is 4.46. The SMILES string of the molecule is C=C=CC.Cc1cccc(C)c1[N-]C(C)CC(C)[N-]c1c(C)cccc1C.[Cu+2]. The Morgan fingerprint density at radius 2 is 1.11 bits per heavy atom. The van der Waals surface area contributed by atoms with Crippen LogP contribution in [0.15, 0.2) is 54.8 Å². The molecule has 28 heavy (non-hydrogen) atoms. The van der Waals surface area contributed by atoms with Crippen molar-refractivity contribution in [2.75, 3.05) is 0 Å². The molecule has 2 unspecified atom stereocenters. The Morgan fingerprint density at radius 1 is 0.821 bits per heavy atom. The maximum atomic E-state index is 4.92. The quantitative estimate of drug-likeness (QED) is 0.330. The van der Waals surface area contributed by atoms with Crippen LogP contribution in [0.2, 0.25) is 0 Å². The molecule has 2 atom stereocenters. The number of para-hydroxylation sites is 2. The zero-order chi connectivity index (χ0) is 20.4. The molecule has 2 nitrogen and oxygen atoms in total. The fourth-order valence-electron chi connectivity index (χ4n) is 3.06. The summed E-state index contributed by atoms with van der Waals surface area (Å²) in [7, 11) is 0. The molecule has 2 rings (SSSR count).